The number of amides is 2. The van der Waals surface area contributed by atoms with Crippen LogP contribution in [-0.2, 0) is 16.0 Å². The Balaban J connectivity index is 2.21. The van der Waals surface area contributed by atoms with Gasteiger partial charge in [0.25, 0.3) is 0 Å². The van der Waals surface area contributed by atoms with Crippen LogP contribution in [-0.4, -0.2) is 30.7 Å². The monoisotopic (exact) mass is 291 g/mol. The Morgan fingerprint density at radius 3 is 3.00 bits per heavy atom. The van der Waals surface area contributed by atoms with Crippen molar-refractivity contribution in [2.75, 3.05) is 6.61 Å². The van der Waals surface area contributed by atoms with Crippen molar-refractivity contribution in [2.24, 2.45) is 10.8 Å². The quantitative estimate of drug-likeness (QED) is 0.474. The van der Waals surface area contributed by atoms with Crippen molar-refractivity contribution in [3.8, 4) is 11.5 Å². The average Bonchev–Trinajstić information content (AvgIpc) is 2.78. The lowest BCUT2D eigenvalue weighted by atomic mass is 10.1. The number of hydrazone groups is 1. The minimum absolute atomic E-state index is 0.122. The van der Waals surface area contributed by atoms with Crippen molar-refractivity contribution in [3.63, 3.8) is 0 Å². The number of nitrogens with two attached hydrogens (primary N) is 1. The van der Waals surface area contributed by atoms with E-state index in [1.165, 1.54) is 6.21 Å². The molecular formula is C14H17N3O4. The number of benzene rings is 1. The molecule has 112 valence electrons. The van der Waals surface area contributed by atoms with Gasteiger partial charge in [-0.05, 0) is 26.0 Å². The number of fused-ring (bicyclic) bond motifs is 1. The van der Waals surface area contributed by atoms with Gasteiger partial charge in [-0.3, -0.25) is 9.59 Å². The van der Waals surface area contributed by atoms with Gasteiger partial charge in [0.15, 0.2) is 0 Å². The molecule has 2 rings (SSSR count). The fourth-order valence-electron chi connectivity index (χ4n) is 2.05. The smallest absolute Gasteiger partial charge is 0.329 e. The largest absolute Gasteiger partial charge is 0.493 e. The zero-order valence-electron chi connectivity index (χ0n) is 11.9. The second-order valence-corrected chi connectivity index (χ2v) is 4.63. The van der Waals surface area contributed by atoms with Gasteiger partial charge < -0.3 is 15.2 Å². The molecule has 0 saturated heterocycles. The van der Waals surface area contributed by atoms with Gasteiger partial charge in [-0.2, -0.15) is 5.10 Å². The van der Waals surface area contributed by atoms with E-state index < -0.39 is 11.8 Å². The summed E-state index contributed by atoms with van der Waals surface area (Å²) in [6, 6.07) is 3.70. The molecule has 1 aromatic carbocycles. The Morgan fingerprint density at radius 2 is 2.33 bits per heavy atom. The van der Waals surface area contributed by atoms with Gasteiger partial charge >= 0.3 is 11.8 Å². The molecule has 0 spiro atoms. The molecule has 1 atom stereocenters. The lowest BCUT2D eigenvalue weighted by Gasteiger charge is -2.09. The highest BCUT2D eigenvalue weighted by Crippen LogP contribution is 2.34. The van der Waals surface area contributed by atoms with Crippen molar-refractivity contribution in [1.82, 2.24) is 5.43 Å². The number of nitrogens with zero attached hydrogens (tertiary/aromatic N) is 1. The molecule has 0 saturated carbocycles. The van der Waals surface area contributed by atoms with E-state index in [1.54, 1.807) is 6.07 Å². The van der Waals surface area contributed by atoms with Crippen LogP contribution < -0.4 is 20.6 Å². The third kappa shape index (κ3) is 3.50. The number of primary amides is 1. The fraction of sp³-hybridized carbons (Fsp3) is 0.357. The second-order valence-electron chi connectivity index (χ2n) is 4.63. The molecule has 0 unspecified atom stereocenters. The molecule has 7 heteroatoms. The molecule has 0 aliphatic carbocycles. The number of nitrogens with one attached hydrogen (secondary N) is 1. The molecule has 1 aromatic rings. The fourth-order valence-corrected chi connectivity index (χ4v) is 2.05. The highest BCUT2D eigenvalue weighted by molar-refractivity contribution is 6.34. The summed E-state index contributed by atoms with van der Waals surface area (Å²) in [6.07, 6.45) is 2.33. The van der Waals surface area contributed by atoms with Crippen LogP contribution in [0.2, 0.25) is 0 Å². The topological polar surface area (TPSA) is 103 Å². The molecule has 7 nitrogen and oxygen atoms in total. The van der Waals surface area contributed by atoms with Gasteiger partial charge in [-0.25, -0.2) is 5.43 Å². The Labute approximate surface area is 122 Å². The SMILES string of the molecule is CCOc1cc2c(cc1/C=N\NC(=O)C(N)=O)O[C@H](C)C2. The maximum Gasteiger partial charge on any atom is 0.329 e. The van der Waals surface area contributed by atoms with Crippen LogP contribution in [0.5, 0.6) is 11.5 Å². The van der Waals surface area contributed by atoms with E-state index in [9.17, 15) is 9.59 Å². The van der Waals surface area contributed by atoms with Crippen molar-refractivity contribution in [2.45, 2.75) is 26.4 Å². The molecule has 3 N–H and O–H groups in total. The van der Waals surface area contributed by atoms with Crippen molar-refractivity contribution in [1.29, 1.82) is 0 Å². The summed E-state index contributed by atoms with van der Waals surface area (Å²) in [7, 11) is 0. The van der Waals surface area contributed by atoms with E-state index in [-0.39, 0.29) is 6.10 Å². The van der Waals surface area contributed by atoms with Gasteiger partial charge in [-0.15, -0.1) is 0 Å². The lowest BCUT2D eigenvalue weighted by Crippen LogP contribution is -2.32. The Kier molecular flexibility index (Phi) is 4.42. The highest BCUT2D eigenvalue weighted by Gasteiger charge is 2.21. The van der Waals surface area contributed by atoms with Crippen LogP contribution in [0, 0.1) is 0 Å². The van der Waals surface area contributed by atoms with E-state index >= 15 is 0 Å². The van der Waals surface area contributed by atoms with Crippen LogP contribution in [0.15, 0.2) is 17.2 Å². The Hall–Kier alpha value is -2.57. The highest BCUT2D eigenvalue weighted by atomic mass is 16.5. The number of hydrogen-bond acceptors (Lipinski definition) is 5. The van der Waals surface area contributed by atoms with Crippen molar-refractivity contribution in [3.05, 3.63) is 23.3 Å². The van der Waals surface area contributed by atoms with E-state index in [0.29, 0.717) is 17.9 Å². The maximum absolute atomic E-state index is 11.0. The summed E-state index contributed by atoms with van der Waals surface area (Å²) in [6.45, 7) is 4.37. The number of carbonyl (C=O) groups excluding carboxylic acids is 2. The summed E-state index contributed by atoms with van der Waals surface area (Å²) in [5.74, 6) is -0.654. The van der Waals surface area contributed by atoms with Crippen LogP contribution in [0.25, 0.3) is 0 Å². The van der Waals surface area contributed by atoms with Gasteiger partial charge in [0.2, 0.25) is 0 Å². The van der Waals surface area contributed by atoms with E-state index in [1.807, 2.05) is 25.3 Å². The van der Waals surface area contributed by atoms with Crippen LogP contribution in [0.3, 0.4) is 0 Å². The number of hydrogen-bond donors (Lipinski definition) is 2. The van der Waals surface area contributed by atoms with E-state index in [0.717, 1.165) is 17.7 Å². The zero-order valence-corrected chi connectivity index (χ0v) is 11.9. The minimum atomic E-state index is -1.09. The van der Waals surface area contributed by atoms with Crippen LogP contribution >= 0.6 is 0 Å². The minimum Gasteiger partial charge on any atom is -0.493 e. The maximum atomic E-state index is 11.0. The average molecular weight is 291 g/mol. The summed E-state index contributed by atoms with van der Waals surface area (Å²) in [5, 5.41) is 3.69. The van der Waals surface area contributed by atoms with Gasteiger partial charge in [-0.1, -0.05) is 0 Å². The van der Waals surface area contributed by atoms with E-state index in [4.69, 9.17) is 15.2 Å². The number of ether oxygens (including phenoxy) is 2. The molecule has 1 heterocycles. The first-order valence-corrected chi connectivity index (χ1v) is 6.60. The first-order chi connectivity index (χ1) is 10.0. The molecule has 21 heavy (non-hydrogen) atoms. The van der Waals surface area contributed by atoms with Gasteiger partial charge in [0, 0.05) is 17.5 Å². The molecule has 1 aliphatic heterocycles. The first kappa shape index (κ1) is 14.8. The van der Waals surface area contributed by atoms with Crippen molar-refractivity contribution < 1.29 is 19.1 Å². The standard InChI is InChI=1S/C14H17N3O4/c1-3-20-11-5-9-4-8(2)21-12(9)6-10(11)7-16-17-14(19)13(15)18/h5-8H,3-4H2,1-2H3,(H2,15,18)(H,17,19)/b16-7-/t8-/m1/s1. The number of rotatable bonds is 4. The summed E-state index contributed by atoms with van der Waals surface area (Å²) < 4.78 is 11.2. The summed E-state index contributed by atoms with van der Waals surface area (Å²) in [4.78, 5) is 21.6. The van der Waals surface area contributed by atoms with Crippen LogP contribution in [0.1, 0.15) is 25.0 Å². The number of carbonyl (C=O) groups is 2. The molecule has 1 aliphatic rings. The molecule has 0 radical (unpaired) electrons. The lowest BCUT2D eigenvalue weighted by molar-refractivity contribution is -0.137. The Bertz CT molecular complexity index is 598. The van der Waals surface area contributed by atoms with Gasteiger partial charge in [0.05, 0.1) is 12.8 Å². The Morgan fingerprint density at radius 1 is 1.57 bits per heavy atom. The molecule has 0 fully saturated rings. The molecular weight excluding hydrogens is 274 g/mol. The molecule has 2 amide bonds. The predicted molar refractivity (Wildman–Crippen MR) is 76.3 cm³/mol. The van der Waals surface area contributed by atoms with Crippen LogP contribution in [0.4, 0.5) is 0 Å². The van der Waals surface area contributed by atoms with E-state index in [2.05, 4.69) is 5.10 Å². The second kappa shape index (κ2) is 6.25. The molecule has 0 bridgehead atoms. The predicted octanol–water partition coefficient (Wildman–Crippen LogP) is 0.344. The third-order valence-electron chi connectivity index (χ3n) is 2.92. The first-order valence-electron chi connectivity index (χ1n) is 6.60. The normalized spacial score (nSPS) is 16.4. The van der Waals surface area contributed by atoms with Crippen molar-refractivity contribution >= 4 is 18.0 Å². The third-order valence-corrected chi connectivity index (χ3v) is 2.92. The zero-order chi connectivity index (χ0) is 15.4. The van der Waals surface area contributed by atoms with Gasteiger partial charge in [0.1, 0.15) is 17.6 Å². The summed E-state index contributed by atoms with van der Waals surface area (Å²) >= 11 is 0. The molecule has 0 aromatic heterocycles. The summed E-state index contributed by atoms with van der Waals surface area (Å²) in [5.41, 5.74) is 8.57.